The van der Waals surface area contributed by atoms with E-state index < -0.39 is 10.8 Å². The summed E-state index contributed by atoms with van der Waals surface area (Å²) in [6.45, 7) is 0. The summed E-state index contributed by atoms with van der Waals surface area (Å²) in [4.78, 5) is 13.1. The van der Waals surface area contributed by atoms with Gasteiger partial charge < -0.3 is 11.1 Å². The van der Waals surface area contributed by atoms with Gasteiger partial charge in [-0.1, -0.05) is 30.3 Å². The van der Waals surface area contributed by atoms with E-state index in [0.29, 0.717) is 5.75 Å². The highest BCUT2D eigenvalue weighted by atomic mass is 35.5. The Morgan fingerprint density at radius 2 is 1.88 bits per heavy atom. The van der Waals surface area contributed by atoms with Gasteiger partial charge in [-0.3, -0.25) is 9.00 Å². The zero-order valence-electron chi connectivity index (χ0n) is 13.9. The molecule has 3 atom stereocenters. The molecule has 1 aliphatic rings. The fourth-order valence-corrected chi connectivity index (χ4v) is 4.15. The van der Waals surface area contributed by atoms with Gasteiger partial charge in [0.15, 0.2) is 0 Å². The Bertz CT molecular complexity index is 739. The summed E-state index contributed by atoms with van der Waals surface area (Å²) in [6.07, 6.45) is 2.52. The number of nitrogens with two attached hydrogens (primary N) is 1. The van der Waals surface area contributed by atoms with E-state index in [0.717, 1.165) is 35.4 Å². The molecule has 3 unspecified atom stereocenters. The first-order valence-corrected chi connectivity index (χ1v) is 9.52. The molecule has 1 aliphatic carbocycles. The fourth-order valence-electron chi connectivity index (χ4n) is 3.04. The zero-order chi connectivity index (χ0) is 16.9. The van der Waals surface area contributed by atoms with Gasteiger partial charge in [0.2, 0.25) is 5.91 Å². The highest BCUT2D eigenvalue weighted by molar-refractivity contribution is 7.84. The summed E-state index contributed by atoms with van der Waals surface area (Å²) in [5.74, 6) is 0.466. The largest absolute Gasteiger partial charge is 0.328 e. The smallest absolute Gasteiger partial charge is 0.227 e. The molecule has 1 saturated carbocycles. The lowest BCUT2D eigenvalue weighted by molar-refractivity contribution is -0.119. The van der Waals surface area contributed by atoms with E-state index in [2.05, 4.69) is 5.32 Å². The van der Waals surface area contributed by atoms with Crippen LogP contribution < -0.4 is 11.1 Å². The number of halogens is 1. The summed E-state index contributed by atoms with van der Waals surface area (Å²) in [6, 6.07) is 17.1. The van der Waals surface area contributed by atoms with E-state index in [9.17, 15) is 9.00 Å². The number of carbonyl (C=O) groups excluding carboxylic acids is 1. The molecule has 6 heteroatoms. The molecule has 2 aromatic rings. The minimum atomic E-state index is -1.09. The SMILES string of the molecule is Cl.NC1CCC(C(=O)Nc2cccc(CS(=O)c3ccccc3)c2)C1. The minimum Gasteiger partial charge on any atom is -0.328 e. The molecule has 0 bridgehead atoms. The van der Waals surface area contributed by atoms with E-state index in [1.807, 2.05) is 54.6 Å². The quantitative estimate of drug-likeness (QED) is 0.836. The van der Waals surface area contributed by atoms with Crippen LogP contribution in [0.4, 0.5) is 5.69 Å². The van der Waals surface area contributed by atoms with E-state index in [1.165, 1.54) is 0 Å². The number of amides is 1. The maximum absolute atomic E-state index is 12.4. The van der Waals surface area contributed by atoms with Crippen molar-refractivity contribution >= 4 is 34.8 Å². The van der Waals surface area contributed by atoms with Gasteiger partial charge in [-0.05, 0) is 49.1 Å². The summed E-state index contributed by atoms with van der Waals surface area (Å²) in [7, 11) is -1.09. The van der Waals surface area contributed by atoms with Gasteiger partial charge in [-0.15, -0.1) is 12.4 Å². The lowest BCUT2D eigenvalue weighted by Gasteiger charge is -2.12. The topological polar surface area (TPSA) is 72.2 Å². The second-order valence-electron chi connectivity index (χ2n) is 6.26. The Balaban J connectivity index is 0.00000225. The number of nitrogens with one attached hydrogen (secondary N) is 1. The molecule has 1 fully saturated rings. The first-order valence-electron chi connectivity index (χ1n) is 8.20. The molecule has 2 aromatic carbocycles. The Kier molecular flexibility index (Phi) is 7.17. The predicted octanol–water partition coefficient (Wildman–Crippen LogP) is 3.48. The molecule has 3 N–H and O–H groups in total. The van der Waals surface area contributed by atoms with E-state index >= 15 is 0 Å². The molecular weight excluding hydrogens is 356 g/mol. The van der Waals surface area contributed by atoms with Crippen LogP contribution in [0.25, 0.3) is 0 Å². The maximum Gasteiger partial charge on any atom is 0.227 e. The van der Waals surface area contributed by atoms with Gasteiger partial charge in [0.1, 0.15) is 0 Å². The number of rotatable bonds is 5. The Morgan fingerprint density at radius 1 is 1.12 bits per heavy atom. The second-order valence-corrected chi connectivity index (χ2v) is 7.71. The first-order chi connectivity index (χ1) is 11.6. The average Bonchev–Trinajstić information content (AvgIpc) is 3.02. The van der Waals surface area contributed by atoms with Crippen molar-refractivity contribution in [1.29, 1.82) is 0 Å². The van der Waals surface area contributed by atoms with Gasteiger partial charge in [-0.25, -0.2) is 0 Å². The summed E-state index contributed by atoms with van der Waals surface area (Å²) >= 11 is 0. The molecule has 1 amide bonds. The van der Waals surface area contributed by atoms with Crippen molar-refractivity contribution < 1.29 is 9.00 Å². The van der Waals surface area contributed by atoms with Crippen molar-refractivity contribution in [2.75, 3.05) is 5.32 Å². The molecule has 0 saturated heterocycles. The average molecular weight is 379 g/mol. The third-order valence-electron chi connectivity index (χ3n) is 4.34. The van der Waals surface area contributed by atoms with Gasteiger partial charge >= 0.3 is 0 Å². The van der Waals surface area contributed by atoms with E-state index in [4.69, 9.17) is 5.73 Å². The number of benzene rings is 2. The molecule has 0 aliphatic heterocycles. The van der Waals surface area contributed by atoms with Crippen molar-refractivity contribution in [1.82, 2.24) is 0 Å². The van der Waals surface area contributed by atoms with Crippen LogP contribution in [-0.2, 0) is 21.3 Å². The van der Waals surface area contributed by atoms with Crippen LogP contribution in [0.15, 0.2) is 59.5 Å². The fraction of sp³-hybridized carbons (Fsp3) is 0.316. The van der Waals surface area contributed by atoms with Gasteiger partial charge in [0, 0.05) is 22.5 Å². The predicted molar refractivity (Wildman–Crippen MR) is 104 cm³/mol. The van der Waals surface area contributed by atoms with Crippen LogP contribution in [0, 0.1) is 5.92 Å². The third kappa shape index (κ3) is 5.39. The Labute approximate surface area is 157 Å². The second kappa shape index (κ2) is 9.13. The Morgan fingerprint density at radius 3 is 2.56 bits per heavy atom. The van der Waals surface area contributed by atoms with E-state index in [-0.39, 0.29) is 30.3 Å². The molecule has 4 nitrogen and oxygen atoms in total. The number of hydrogen-bond donors (Lipinski definition) is 2. The summed E-state index contributed by atoms with van der Waals surface area (Å²) in [5.41, 5.74) is 7.57. The monoisotopic (exact) mass is 378 g/mol. The molecule has 25 heavy (non-hydrogen) atoms. The summed E-state index contributed by atoms with van der Waals surface area (Å²) in [5, 5.41) is 2.96. The number of carbonyl (C=O) groups is 1. The lowest BCUT2D eigenvalue weighted by Crippen LogP contribution is -2.23. The van der Waals surface area contributed by atoms with Crippen molar-refractivity contribution in [2.45, 2.75) is 36.0 Å². The number of hydrogen-bond acceptors (Lipinski definition) is 3. The molecule has 0 heterocycles. The first kappa shape index (κ1) is 19.6. The van der Waals surface area contributed by atoms with Crippen molar-refractivity contribution in [3.05, 3.63) is 60.2 Å². The molecule has 0 radical (unpaired) electrons. The lowest BCUT2D eigenvalue weighted by atomic mass is 10.1. The third-order valence-corrected chi connectivity index (χ3v) is 5.74. The van der Waals surface area contributed by atoms with Crippen LogP contribution in [0.1, 0.15) is 24.8 Å². The van der Waals surface area contributed by atoms with Gasteiger partial charge in [-0.2, -0.15) is 0 Å². The maximum atomic E-state index is 12.4. The van der Waals surface area contributed by atoms with Crippen LogP contribution in [0.3, 0.4) is 0 Å². The zero-order valence-corrected chi connectivity index (χ0v) is 15.5. The highest BCUT2D eigenvalue weighted by Gasteiger charge is 2.27. The summed E-state index contributed by atoms with van der Waals surface area (Å²) < 4.78 is 12.4. The molecule has 3 rings (SSSR count). The van der Waals surface area contributed by atoms with Crippen LogP contribution in [0.2, 0.25) is 0 Å². The molecule has 0 spiro atoms. The van der Waals surface area contributed by atoms with Gasteiger partial charge in [0.05, 0.1) is 16.6 Å². The molecular formula is C19H23ClN2O2S. The Hall–Kier alpha value is -1.69. The number of anilines is 1. The standard InChI is InChI=1S/C19H22N2O2S.ClH/c20-16-10-9-15(12-16)19(22)21-17-6-4-5-14(11-17)13-24(23)18-7-2-1-3-8-18;/h1-8,11,15-16H,9-10,12-13,20H2,(H,21,22);1H. The highest BCUT2D eigenvalue weighted by Crippen LogP contribution is 2.25. The molecule has 0 aromatic heterocycles. The van der Waals surface area contributed by atoms with Crippen LogP contribution in [-0.4, -0.2) is 16.2 Å². The minimum absolute atomic E-state index is 0. The molecule has 134 valence electrons. The van der Waals surface area contributed by atoms with Crippen molar-refractivity contribution in [3.8, 4) is 0 Å². The van der Waals surface area contributed by atoms with Crippen molar-refractivity contribution in [2.24, 2.45) is 11.7 Å². The van der Waals surface area contributed by atoms with Crippen LogP contribution in [0.5, 0.6) is 0 Å². The van der Waals surface area contributed by atoms with E-state index in [1.54, 1.807) is 0 Å². The van der Waals surface area contributed by atoms with Gasteiger partial charge in [0.25, 0.3) is 0 Å². The van der Waals surface area contributed by atoms with Crippen LogP contribution >= 0.6 is 12.4 Å². The normalized spacial score (nSPS) is 20.5. The van der Waals surface area contributed by atoms with Crippen molar-refractivity contribution in [3.63, 3.8) is 0 Å².